The van der Waals surface area contributed by atoms with Crippen LogP contribution in [0.5, 0.6) is 0 Å². The smallest absolute Gasteiger partial charge is 0.259 e. The number of hydrogen-bond donors (Lipinski definition) is 2. The van der Waals surface area contributed by atoms with Gasteiger partial charge in [-0.25, -0.2) is 4.52 Å². The molecule has 1 saturated carbocycles. The Morgan fingerprint density at radius 2 is 2.05 bits per heavy atom. The molecule has 194 valence electrons. The molecule has 0 unspecified atom stereocenters. The number of halogens is 1. The molecule has 1 amide bonds. The highest BCUT2D eigenvalue weighted by Gasteiger charge is 2.26. The summed E-state index contributed by atoms with van der Waals surface area (Å²) in [5, 5.41) is 34.6. The maximum Gasteiger partial charge on any atom is 0.259 e. The zero-order chi connectivity index (χ0) is 26.2. The molecule has 12 nitrogen and oxygen atoms in total. The minimum Gasteiger partial charge on any atom is -0.389 e. The van der Waals surface area contributed by atoms with Gasteiger partial charge in [0.1, 0.15) is 0 Å². The molecule has 5 aromatic rings. The summed E-state index contributed by atoms with van der Waals surface area (Å²) in [5.41, 5.74) is 3.83. The molecule has 1 aliphatic rings. The van der Waals surface area contributed by atoms with Crippen molar-refractivity contribution in [1.29, 1.82) is 0 Å². The molecule has 0 bridgehead atoms. The molecule has 1 fully saturated rings. The third-order valence-electron chi connectivity index (χ3n) is 6.26. The van der Waals surface area contributed by atoms with Crippen molar-refractivity contribution < 1.29 is 14.6 Å². The molecule has 0 aliphatic heterocycles. The summed E-state index contributed by atoms with van der Waals surface area (Å²) in [6.45, 7) is 0.530. The van der Waals surface area contributed by atoms with E-state index in [4.69, 9.17) is 16.3 Å². The van der Waals surface area contributed by atoms with Crippen LogP contribution in [-0.2, 0) is 11.3 Å². The maximum absolute atomic E-state index is 13.3. The average Bonchev–Trinajstić information content (AvgIpc) is 3.28. The van der Waals surface area contributed by atoms with Gasteiger partial charge in [0.05, 0.1) is 59.5 Å². The Balaban J connectivity index is 1.24. The van der Waals surface area contributed by atoms with E-state index < -0.39 is 6.10 Å². The van der Waals surface area contributed by atoms with Gasteiger partial charge in [0.2, 0.25) is 5.82 Å². The summed E-state index contributed by atoms with van der Waals surface area (Å²) < 4.78 is 8.26. The number of tetrazole rings is 1. The van der Waals surface area contributed by atoms with Crippen molar-refractivity contribution in [3.63, 3.8) is 0 Å². The van der Waals surface area contributed by atoms with Crippen molar-refractivity contribution in [2.75, 3.05) is 19.0 Å². The molecule has 1 atom stereocenters. The molecule has 0 saturated heterocycles. The fourth-order valence-corrected chi connectivity index (χ4v) is 4.32. The number of methoxy groups -OCH3 is 1. The molecule has 13 heteroatoms. The van der Waals surface area contributed by atoms with Crippen LogP contribution in [0.4, 0.5) is 5.69 Å². The first-order chi connectivity index (χ1) is 18.5. The molecule has 4 aromatic heterocycles. The largest absolute Gasteiger partial charge is 0.389 e. The lowest BCUT2D eigenvalue weighted by molar-refractivity contribution is 0.0514. The summed E-state index contributed by atoms with van der Waals surface area (Å²) >= 11 is 6.40. The molecule has 38 heavy (non-hydrogen) atoms. The van der Waals surface area contributed by atoms with Crippen LogP contribution in [0.3, 0.4) is 0 Å². The first kappa shape index (κ1) is 24.2. The van der Waals surface area contributed by atoms with Gasteiger partial charge < -0.3 is 15.2 Å². The predicted octanol–water partition coefficient (Wildman–Crippen LogP) is 3.10. The van der Waals surface area contributed by atoms with Gasteiger partial charge in [0, 0.05) is 30.6 Å². The number of amides is 1. The zero-order valence-corrected chi connectivity index (χ0v) is 21.2. The van der Waals surface area contributed by atoms with Gasteiger partial charge in [-0.05, 0) is 54.0 Å². The lowest BCUT2D eigenvalue weighted by Gasteiger charge is -2.09. The number of pyridine rings is 1. The van der Waals surface area contributed by atoms with Gasteiger partial charge in [0.15, 0.2) is 0 Å². The van der Waals surface area contributed by atoms with Crippen LogP contribution in [0.2, 0.25) is 5.02 Å². The number of hydrogen-bond acceptors (Lipinski definition) is 8. The van der Waals surface area contributed by atoms with E-state index in [1.165, 1.54) is 13.3 Å². The second kappa shape index (κ2) is 9.97. The van der Waals surface area contributed by atoms with E-state index in [-0.39, 0.29) is 12.5 Å². The van der Waals surface area contributed by atoms with E-state index in [0.29, 0.717) is 45.8 Å². The maximum atomic E-state index is 13.3. The number of ether oxygens (including phenoxy) is 1. The number of benzene rings is 1. The number of aliphatic hydroxyl groups excluding tert-OH is 1. The summed E-state index contributed by atoms with van der Waals surface area (Å²) in [6.07, 6.45) is 8.28. The van der Waals surface area contributed by atoms with Gasteiger partial charge in [0.25, 0.3) is 5.91 Å². The highest BCUT2D eigenvalue weighted by atomic mass is 35.5. The second-order valence-electron chi connectivity index (χ2n) is 9.18. The van der Waals surface area contributed by atoms with Crippen molar-refractivity contribution in [2.24, 2.45) is 0 Å². The van der Waals surface area contributed by atoms with Crippen LogP contribution < -0.4 is 5.32 Å². The van der Waals surface area contributed by atoms with E-state index in [9.17, 15) is 9.90 Å². The Labute approximate surface area is 221 Å². The third kappa shape index (κ3) is 4.88. The number of anilines is 1. The summed E-state index contributed by atoms with van der Waals surface area (Å²) in [7, 11) is 1.54. The van der Waals surface area contributed by atoms with Gasteiger partial charge in [-0.15, -0.1) is 10.2 Å². The average molecular weight is 534 g/mol. The Kier molecular flexibility index (Phi) is 6.35. The minimum absolute atomic E-state index is 0.222. The van der Waals surface area contributed by atoms with E-state index in [0.717, 1.165) is 24.0 Å². The standard InChI is InChI=1S/C25H24ClN9O3/c1-38-14-19(36)13-33-12-17(10-27-33)15-6-7-34-23(9-15)20(11-28-34)25(37)29-22-8-16(2-5-21(22)26)24-30-32-35(31-24)18-3-4-18/h2,5-12,18-19,36H,3-4,13-14H2,1H3,(H,29,37)/t19-/m0/s1. The fraction of sp³-hybridized carbons (Fsp3) is 0.280. The lowest BCUT2D eigenvalue weighted by atomic mass is 10.1. The first-order valence-corrected chi connectivity index (χ1v) is 12.4. The minimum atomic E-state index is -0.661. The summed E-state index contributed by atoms with van der Waals surface area (Å²) in [4.78, 5) is 14.9. The van der Waals surface area contributed by atoms with Gasteiger partial charge >= 0.3 is 0 Å². The zero-order valence-electron chi connectivity index (χ0n) is 20.4. The Morgan fingerprint density at radius 1 is 1.18 bits per heavy atom. The van der Waals surface area contributed by atoms with Gasteiger partial charge in [-0.3, -0.25) is 9.48 Å². The first-order valence-electron chi connectivity index (χ1n) is 12.1. The Hall–Kier alpha value is -4.13. The Bertz CT molecular complexity index is 1620. The molecular formula is C25H24ClN9O3. The van der Waals surface area contributed by atoms with E-state index in [2.05, 4.69) is 30.9 Å². The van der Waals surface area contributed by atoms with Crippen molar-refractivity contribution in [3.05, 3.63) is 65.7 Å². The van der Waals surface area contributed by atoms with Crippen LogP contribution in [-0.4, -0.2) is 70.4 Å². The number of rotatable bonds is 9. The van der Waals surface area contributed by atoms with Crippen LogP contribution in [0, 0.1) is 0 Å². The predicted molar refractivity (Wildman–Crippen MR) is 139 cm³/mol. The normalized spacial score (nSPS) is 14.2. The quantitative estimate of drug-likeness (QED) is 0.295. The van der Waals surface area contributed by atoms with Crippen LogP contribution in [0.25, 0.3) is 28.0 Å². The molecule has 6 rings (SSSR count). The van der Waals surface area contributed by atoms with Gasteiger partial charge in [-0.2, -0.15) is 15.0 Å². The number of aromatic nitrogens is 8. The molecule has 4 heterocycles. The lowest BCUT2D eigenvalue weighted by Crippen LogP contribution is -2.21. The van der Waals surface area contributed by atoms with E-state index in [1.807, 2.05) is 18.3 Å². The number of nitrogens with one attached hydrogen (secondary N) is 1. The highest BCUT2D eigenvalue weighted by Crippen LogP contribution is 2.34. The van der Waals surface area contributed by atoms with Crippen LogP contribution in [0.1, 0.15) is 29.2 Å². The second-order valence-corrected chi connectivity index (χ2v) is 9.58. The Morgan fingerprint density at radius 3 is 2.87 bits per heavy atom. The van der Waals surface area contributed by atoms with Crippen molar-refractivity contribution in [2.45, 2.75) is 31.5 Å². The number of carbonyl (C=O) groups is 1. The summed E-state index contributed by atoms with van der Waals surface area (Å²) in [6, 6.07) is 9.30. The van der Waals surface area contributed by atoms with Crippen LogP contribution in [0.15, 0.2) is 55.1 Å². The monoisotopic (exact) mass is 533 g/mol. The molecule has 1 aliphatic carbocycles. The SMILES string of the molecule is COC[C@@H](O)Cn1cc(-c2ccn3ncc(C(=O)Nc4cc(-c5nnn(C6CC6)n5)ccc4Cl)c3c2)cn1. The molecular weight excluding hydrogens is 510 g/mol. The third-order valence-corrected chi connectivity index (χ3v) is 6.59. The van der Waals surface area contributed by atoms with Crippen molar-refractivity contribution >= 4 is 28.7 Å². The molecule has 2 N–H and O–H groups in total. The fourth-order valence-electron chi connectivity index (χ4n) is 4.16. The van der Waals surface area contributed by atoms with Crippen molar-refractivity contribution in [3.8, 4) is 22.5 Å². The number of nitrogens with zero attached hydrogens (tertiary/aromatic N) is 8. The topological polar surface area (TPSA) is 137 Å². The molecule has 0 spiro atoms. The number of aliphatic hydroxyl groups is 1. The summed E-state index contributed by atoms with van der Waals surface area (Å²) in [5.74, 6) is 0.115. The number of carbonyl (C=O) groups excluding carboxylic acids is 1. The van der Waals surface area contributed by atoms with Crippen LogP contribution >= 0.6 is 11.6 Å². The molecule has 0 radical (unpaired) electrons. The van der Waals surface area contributed by atoms with E-state index >= 15 is 0 Å². The van der Waals surface area contributed by atoms with Crippen molar-refractivity contribution in [1.82, 2.24) is 39.6 Å². The van der Waals surface area contributed by atoms with E-state index in [1.54, 1.807) is 44.6 Å². The molecule has 1 aromatic carbocycles. The van der Waals surface area contributed by atoms with Gasteiger partial charge in [-0.1, -0.05) is 11.6 Å². The highest BCUT2D eigenvalue weighted by molar-refractivity contribution is 6.34. The number of fused-ring (bicyclic) bond motifs is 1.